The van der Waals surface area contributed by atoms with E-state index in [4.69, 9.17) is 0 Å². The first-order valence-electron chi connectivity index (χ1n) is 9.44. The minimum Gasteiger partial charge on any atom is -0.508 e. The zero-order valence-corrected chi connectivity index (χ0v) is 16.2. The van der Waals surface area contributed by atoms with E-state index in [1.54, 1.807) is 18.2 Å². The van der Waals surface area contributed by atoms with E-state index >= 15 is 0 Å². The Bertz CT molecular complexity index is 870. The fraction of sp³-hybridized carbons (Fsp3) is 0.333. The molecule has 0 fully saturated rings. The quantitative estimate of drug-likeness (QED) is 0.468. The molecule has 0 amide bonds. The molecule has 0 saturated heterocycles. The Labute approximate surface area is 161 Å². The van der Waals surface area contributed by atoms with E-state index < -0.39 is 0 Å². The van der Waals surface area contributed by atoms with Crippen LogP contribution in [0.15, 0.2) is 48.0 Å². The van der Waals surface area contributed by atoms with Gasteiger partial charge in [-0.1, -0.05) is 43.7 Å². The minimum atomic E-state index is 0.0304. The average Bonchev–Trinajstić information content (AvgIpc) is 2.57. The second kappa shape index (κ2) is 7.51. The summed E-state index contributed by atoms with van der Waals surface area (Å²) in [4.78, 5) is 0. The van der Waals surface area contributed by atoms with Gasteiger partial charge < -0.3 is 15.3 Å². The number of benzene rings is 2. The molecular formula is C24H28O3. The fourth-order valence-electron chi connectivity index (χ4n) is 4.04. The summed E-state index contributed by atoms with van der Waals surface area (Å²) in [5, 5.41) is 29.6. The predicted octanol–water partition coefficient (Wildman–Crippen LogP) is 5.90. The van der Waals surface area contributed by atoms with Gasteiger partial charge >= 0.3 is 0 Å². The third kappa shape index (κ3) is 4.54. The van der Waals surface area contributed by atoms with Gasteiger partial charge in [-0.3, -0.25) is 0 Å². The molecule has 0 bridgehead atoms. The van der Waals surface area contributed by atoms with E-state index in [0.717, 1.165) is 30.4 Å². The van der Waals surface area contributed by atoms with Gasteiger partial charge in [0.05, 0.1) is 0 Å². The van der Waals surface area contributed by atoms with Crippen LogP contribution in [0.3, 0.4) is 0 Å². The lowest BCUT2D eigenvalue weighted by molar-refractivity contribution is 0.212. The van der Waals surface area contributed by atoms with Gasteiger partial charge in [0.25, 0.3) is 0 Å². The smallest absolute Gasteiger partial charge is 0.119 e. The maximum Gasteiger partial charge on any atom is 0.119 e. The molecule has 2 aromatic carbocycles. The zero-order valence-electron chi connectivity index (χ0n) is 16.2. The van der Waals surface area contributed by atoms with E-state index in [9.17, 15) is 15.3 Å². The van der Waals surface area contributed by atoms with Crippen LogP contribution in [-0.2, 0) is 6.42 Å². The molecule has 0 unspecified atom stereocenters. The lowest BCUT2D eigenvalue weighted by Crippen LogP contribution is -2.29. The van der Waals surface area contributed by atoms with Crippen molar-refractivity contribution >= 4 is 12.2 Å². The van der Waals surface area contributed by atoms with Gasteiger partial charge in [0, 0.05) is 6.07 Å². The second-order valence-electron chi connectivity index (χ2n) is 8.24. The third-order valence-corrected chi connectivity index (χ3v) is 5.67. The maximum atomic E-state index is 10.4. The highest BCUT2D eigenvalue weighted by atomic mass is 16.3. The number of phenols is 3. The van der Waals surface area contributed by atoms with Crippen molar-refractivity contribution in [3.63, 3.8) is 0 Å². The number of aromatic hydroxyl groups is 3. The Morgan fingerprint density at radius 1 is 0.963 bits per heavy atom. The molecule has 1 atom stereocenters. The van der Waals surface area contributed by atoms with E-state index in [2.05, 4.69) is 26.8 Å². The normalized spacial score (nSPS) is 19.2. The van der Waals surface area contributed by atoms with Crippen molar-refractivity contribution < 1.29 is 15.3 Å². The van der Waals surface area contributed by atoms with Crippen molar-refractivity contribution in [1.82, 2.24) is 0 Å². The number of hydrogen-bond acceptors (Lipinski definition) is 3. The van der Waals surface area contributed by atoms with Gasteiger partial charge in [-0.25, -0.2) is 0 Å². The first kappa shape index (κ1) is 19.1. The minimum absolute atomic E-state index is 0.0304. The van der Waals surface area contributed by atoms with Gasteiger partial charge in [-0.2, -0.15) is 0 Å². The second-order valence-corrected chi connectivity index (χ2v) is 8.24. The van der Waals surface area contributed by atoms with Crippen LogP contribution in [-0.4, -0.2) is 15.3 Å². The number of phenolic OH excluding ortho intramolecular Hbond substituents is 3. The molecule has 0 aromatic heterocycles. The molecule has 0 saturated carbocycles. The summed E-state index contributed by atoms with van der Waals surface area (Å²) in [6, 6.07) is 10.1. The highest BCUT2D eigenvalue weighted by Gasteiger charge is 2.33. The lowest BCUT2D eigenvalue weighted by Gasteiger charge is -2.38. The molecule has 0 aliphatic heterocycles. The third-order valence-electron chi connectivity index (χ3n) is 5.67. The van der Waals surface area contributed by atoms with Crippen LogP contribution in [0, 0.1) is 11.3 Å². The molecule has 2 aromatic rings. The van der Waals surface area contributed by atoms with E-state index in [1.165, 1.54) is 11.6 Å². The Kier molecular flexibility index (Phi) is 5.31. The van der Waals surface area contributed by atoms with Gasteiger partial charge in [0.15, 0.2) is 0 Å². The maximum absolute atomic E-state index is 10.4. The molecule has 0 radical (unpaired) electrons. The predicted molar refractivity (Wildman–Crippen MR) is 111 cm³/mol. The topological polar surface area (TPSA) is 60.7 Å². The van der Waals surface area contributed by atoms with Crippen molar-refractivity contribution in [1.29, 1.82) is 0 Å². The summed E-state index contributed by atoms with van der Waals surface area (Å²) in [6.45, 7) is 6.81. The van der Waals surface area contributed by atoms with E-state index in [0.29, 0.717) is 17.2 Å². The molecule has 3 rings (SSSR count). The Hall–Kier alpha value is -2.68. The van der Waals surface area contributed by atoms with Crippen molar-refractivity contribution in [2.45, 2.75) is 40.0 Å². The molecule has 27 heavy (non-hydrogen) atoms. The van der Waals surface area contributed by atoms with Crippen molar-refractivity contribution in [2.75, 3.05) is 0 Å². The summed E-state index contributed by atoms with van der Waals surface area (Å²) < 4.78 is 0. The summed E-state index contributed by atoms with van der Waals surface area (Å²) in [6.07, 6.45) is 9.19. The molecule has 0 heterocycles. The molecule has 142 valence electrons. The average molecular weight is 364 g/mol. The summed E-state index contributed by atoms with van der Waals surface area (Å²) in [5.74, 6) is 0.807. The van der Waals surface area contributed by atoms with Gasteiger partial charge in [-0.15, -0.1) is 0 Å². The monoisotopic (exact) mass is 364 g/mol. The highest BCUT2D eigenvalue weighted by Crippen LogP contribution is 2.43. The molecular weight excluding hydrogens is 336 g/mol. The first-order chi connectivity index (χ1) is 12.7. The van der Waals surface area contributed by atoms with Gasteiger partial charge in [0.1, 0.15) is 17.2 Å². The number of rotatable bonds is 4. The molecule has 1 aliphatic rings. The van der Waals surface area contributed by atoms with E-state index in [-0.39, 0.29) is 16.9 Å². The largest absolute Gasteiger partial charge is 0.508 e. The number of allylic oxidation sites excluding steroid dienone is 2. The molecule has 0 spiro atoms. The van der Waals surface area contributed by atoms with Crippen molar-refractivity contribution in [3.05, 3.63) is 64.7 Å². The fourth-order valence-corrected chi connectivity index (χ4v) is 4.04. The highest BCUT2D eigenvalue weighted by molar-refractivity contribution is 5.71. The molecule has 3 N–H and O–H groups in total. The standard InChI is InChI=1S/C24H28O3/c1-16-5-4-10-24(2,3)22(16)14-19-11-17(8-9-23(19)27)6-7-18-12-20(25)15-21(26)13-18/h5-9,11-13,15,22,25-27H,4,10,14H2,1-3H3/b7-6+/t22-/m0/s1. The SMILES string of the molecule is CC1=CCCC(C)(C)[C@H]1Cc1cc(/C=C/c2cc(O)cc(O)c2)ccc1O. The van der Waals surface area contributed by atoms with Gasteiger partial charge in [-0.05, 0) is 78.5 Å². The molecule has 1 aliphatic carbocycles. The Balaban J connectivity index is 1.85. The van der Waals surface area contributed by atoms with Crippen LogP contribution in [0.1, 0.15) is 50.3 Å². The van der Waals surface area contributed by atoms with Crippen molar-refractivity contribution in [2.24, 2.45) is 11.3 Å². The summed E-state index contributed by atoms with van der Waals surface area (Å²) >= 11 is 0. The Morgan fingerprint density at radius 2 is 1.63 bits per heavy atom. The van der Waals surface area contributed by atoms with E-state index in [1.807, 2.05) is 24.3 Å². The van der Waals surface area contributed by atoms with Crippen LogP contribution in [0.25, 0.3) is 12.2 Å². The van der Waals surface area contributed by atoms with Crippen LogP contribution in [0.5, 0.6) is 17.2 Å². The van der Waals surface area contributed by atoms with Crippen LogP contribution in [0.4, 0.5) is 0 Å². The first-order valence-corrected chi connectivity index (χ1v) is 9.44. The zero-order chi connectivity index (χ0) is 19.6. The Morgan fingerprint density at radius 3 is 2.30 bits per heavy atom. The van der Waals surface area contributed by atoms with Gasteiger partial charge in [0.2, 0.25) is 0 Å². The summed E-state index contributed by atoms with van der Waals surface area (Å²) in [7, 11) is 0. The number of hydrogen-bond donors (Lipinski definition) is 3. The van der Waals surface area contributed by atoms with Crippen LogP contribution in [0.2, 0.25) is 0 Å². The molecule has 3 heteroatoms. The lowest BCUT2D eigenvalue weighted by atomic mass is 9.66. The molecule has 3 nitrogen and oxygen atoms in total. The van der Waals surface area contributed by atoms with Crippen LogP contribution >= 0.6 is 0 Å². The van der Waals surface area contributed by atoms with Crippen LogP contribution < -0.4 is 0 Å². The summed E-state index contributed by atoms with van der Waals surface area (Å²) in [5.41, 5.74) is 4.26. The van der Waals surface area contributed by atoms with Crippen molar-refractivity contribution in [3.8, 4) is 17.2 Å².